The lowest BCUT2D eigenvalue weighted by Gasteiger charge is -2.02. The summed E-state index contributed by atoms with van der Waals surface area (Å²) in [4.78, 5) is 16.4. The number of carbonyl (C=O) groups excluding carboxylic acids is 1. The largest absolute Gasteiger partial charge is 0.497 e. The molecule has 5 heteroatoms. The molecule has 4 nitrogen and oxygen atoms in total. The van der Waals surface area contributed by atoms with Crippen molar-refractivity contribution in [1.82, 2.24) is 5.32 Å². The van der Waals surface area contributed by atoms with Gasteiger partial charge in [-0.15, -0.1) is 11.3 Å². The van der Waals surface area contributed by atoms with Gasteiger partial charge in [0.2, 0.25) is 0 Å². The van der Waals surface area contributed by atoms with Gasteiger partial charge in [-0.05, 0) is 47.7 Å². The minimum absolute atomic E-state index is 0.0695. The van der Waals surface area contributed by atoms with Gasteiger partial charge in [-0.1, -0.05) is 6.92 Å². The van der Waals surface area contributed by atoms with Crippen LogP contribution in [-0.2, 0) is 0 Å². The molecule has 1 aromatic carbocycles. The van der Waals surface area contributed by atoms with E-state index < -0.39 is 0 Å². The number of amides is 1. The van der Waals surface area contributed by atoms with Crippen molar-refractivity contribution < 1.29 is 9.53 Å². The molecule has 0 aliphatic carbocycles. The van der Waals surface area contributed by atoms with Crippen LogP contribution < -0.4 is 10.1 Å². The smallest absolute Gasteiger partial charge is 0.254 e. The molecule has 2 rings (SSSR count). The quantitative estimate of drug-likeness (QED) is 0.828. The third-order valence-electron chi connectivity index (χ3n) is 2.87. The molecule has 21 heavy (non-hydrogen) atoms. The standard InChI is InChI=1S/C16H18N2O2S/c1-3-9-17-15(19)14-8-10-21-16(14)18-11-12-4-6-13(20-2)7-5-12/h4-8,10-11H,3,9H2,1-2H3,(H,17,19). The first-order chi connectivity index (χ1) is 10.2. The SMILES string of the molecule is CCCNC(=O)c1ccsc1N=Cc1ccc(OC)cc1. The highest BCUT2D eigenvalue weighted by atomic mass is 32.1. The molecule has 1 N–H and O–H groups in total. The van der Waals surface area contributed by atoms with Crippen molar-refractivity contribution in [2.24, 2.45) is 4.99 Å². The van der Waals surface area contributed by atoms with Gasteiger partial charge in [0.05, 0.1) is 12.7 Å². The maximum absolute atomic E-state index is 12.0. The number of ether oxygens (including phenoxy) is 1. The Morgan fingerprint density at radius 2 is 2.10 bits per heavy atom. The van der Waals surface area contributed by atoms with Gasteiger partial charge in [0.1, 0.15) is 10.8 Å². The molecule has 1 heterocycles. The number of aliphatic imine (C=N–C) groups is 1. The summed E-state index contributed by atoms with van der Waals surface area (Å²) in [7, 11) is 1.63. The number of nitrogens with one attached hydrogen (secondary N) is 1. The van der Waals surface area contributed by atoms with Crippen LogP contribution in [0, 0.1) is 0 Å². The monoisotopic (exact) mass is 302 g/mol. The molecule has 1 aromatic heterocycles. The number of thiophene rings is 1. The molecule has 0 saturated heterocycles. The summed E-state index contributed by atoms with van der Waals surface area (Å²) >= 11 is 1.45. The first kappa shape index (κ1) is 15.3. The Bertz CT molecular complexity index is 617. The van der Waals surface area contributed by atoms with Crippen LogP contribution in [0.3, 0.4) is 0 Å². The van der Waals surface area contributed by atoms with Gasteiger partial charge >= 0.3 is 0 Å². The van der Waals surface area contributed by atoms with Crippen LogP contribution in [0.5, 0.6) is 5.75 Å². The van der Waals surface area contributed by atoms with Crippen LogP contribution in [0.2, 0.25) is 0 Å². The van der Waals surface area contributed by atoms with Crippen LogP contribution in [0.15, 0.2) is 40.7 Å². The zero-order valence-electron chi connectivity index (χ0n) is 12.1. The highest BCUT2D eigenvalue weighted by Crippen LogP contribution is 2.26. The Morgan fingerprint density at radius 1 is 1.33 bits per heavy atom. The van der Waals surface area contributed by atoms with E-state index in [1.165, 1.54) is 11.3 Å². The lowest BCUT2D eigenvalue weighted by Crippen LogP contribution is -2.23. The third kappa shape index (κ3) is 4.16. The Balaban J connectivity index is 2.10. The highest BCUT2D eigenvalue weighted by molar-refractivity contribution is 7.14. The molecule has 2 aromatic rings. The number of benzene rings is 1. The minimum atomic E-state index is -0.0695. The summed E-state index contributed by atoms with van der Waals surface area (Å²) in [6.45, 7) is 2.70. The summed E-state index contributed by atoms with van der Waals surface area (Å²) in [5, 5.41) is 5.46. The average molecular weight is 302 g/mol. The van der Waals surface area contributed by atoms with Crippen molar-refractivity contribution in [1.29, 1.82) is 0 Å². The van der Waals surface area contributed by atoms with Crippen molar-refractivity contribution >= 4 is 28.5 Å². The molecule has 0 radical (unpaired) electrons. The summed E-state index contributed by atoms with van der Waals surface area (Å²) in [6, 6.07) is 9.41. The fraction of sp³-hybridized carbons (Fsp3) is 0.250. The fourth-order valence-corrected chi connectivity index (χ4v) is 2.47. The molecule has 0 atom stereocenters. The van der Waals surface area contributed by atoms with E-state index >= 15 is 0 Å². The maximum atomic E-state index is 12.0. The van der Waals surface area contributed by atoms with E-state index in [9.17, 15) is 4.79 Å². The van der Waals surface area contributed by atoms with E-state index in [2.05, 4.69) is 10.3 Å². The molecule has 1 amide bonds. The van der Waals surface area contributed by atoms with Crippen molar-refractivity contribution in [3.8, 4) is 5.75 Å². The van der Waals surface area contributed by atoms with Gasteiger partial charge in [0, 0.05) is 12.8 Å². The number of nitrogens with zero attached hydrogens (tertiary/aromatic N) is 1. The van der Waals surface area contributed by atoms with Crippen molar-refractivity contribution in [2.75, 3.05) is 13.7 Å². The van der Waals surface area contributed by atoms with Crippen LogP contribution >= 0.6 is 11.3 Å². The predicted octanol–water partition coefficient (Wildman–Crippen LogP) is 3.65. The highest BCUT2D eigenvalue weighted by Gasteiger charge is 2.11. The van der Waals surface area contributed by atoms with Gasteiger partial charge in [-0.3, -0.25) is 4.79 Å². The molecule has 0 fully saturated rings. The predicted molar refractivity (Wildman–Crippen MR) is 87.2 cm³/mol. The van der Waals surface area contributed by atoms with Gasteiger partial charge in [0.15, 0.2) is 0 Å². The average Bonchev–Trinajstić information content (AvgIpc) is 2.99. The first-order valence-electron chi connectivity index (χ1n) is 6.78. The lowest BCUT2D eigenvalue weighted by atomic mass is 10.2. The van der Waals surface area contributed by atoms with E-state index in [1.54, 1.807) is 19.4 Å². The first-order valence-corrected chi connectivity index (χ1v) is 7.66. The Labute approximate surface area is 128 Å². The molecule has 0 aliphatic rings. The van der Waals surface area contributed by atoms with Gasteiger partial charge in [-0.25, -0.2) is 4.99 Å². The molecule has 110 valence electrons. The number of rotatable bonds is 6. The molecule has 0 aliphatic heterocycles. The summed E-state index contributed by atoms with van der Waals surface area (Å²) in [5.74, 6) is 0.739. The zero-order chi connectivity index (χ0) is 15.1. The second-order valence-corrected chi connectivity index (χ2v) is 5.32. The Morgan fingerprint density at radius 3 is 2.76 bits per heavy atom. The van der Waals surface area contributed by atoms with E-state index in [4.69, 9.17) is 4.74 Å². The van der Waals surface area contributed by atoms with Gasteiger partial charge in [0.25, 0.3) is 5.91 Å². The Kier molecular flexibility index (Phi) is 5.51. The molecule has 0 saturated carbocycles. The topological polar surface area (TPSA) is 50.7 Å². The second kappa shape index (κ2) is 7.59. The molecular weight excluding hydrogens is 284 g/mol. The fourth-order valence-electron chi connectivity index (χ4n) is 1.73. The van der Waals surface area contributed by atoms with Crippen molar-refractivity contribution in [3.63, 3.8) is 0 Å². The van der Waals surface area contributed by atoms with E-state index in [-0.39, 0.29) is 5.91 Å². The van der Waals surface area contributed by atoms with Crippen LogP contribution in [0.1, 0.15) is 29.3 Å². The van der Waals surface area contributed by atoms with Crippen LogP contribution in [0.25, 0.3) is 0 Å². The van der Waals surface area contributed by atoms with Gasteiger partial charge < -0.3 is 10.1 Å². The van der Waals surface area contributed by atoms with Crippen molar-refractivity contribution in [2.45, 2.75) is 13.3 Å². The summed E-state index contributed by atoms with van der Waals surface area (Å²) in [5.41, 5.74) is 1.59. The maximum Gasteiger partial charge on any atom is 0.254 e. The van der Waals surface area contributed by atoms with E-state index in [0.717, 1.165) is 22.7 Å². The number of carbonyl (C=O) groups is 1. The van der Waals surface area contributed by atoms with Crippen molar-refractivity contribution in [3.05, 3.63) is 46.8 Å². The number of hydrogen-bond acceptors (Lipinski definition) is 4. The second-order valence-electron chi connectivity index (χ2n) is 4.43. The van der Waals surface area contributed by atoms with Crippen LogP contribution in [-0.4, -0.2) is 25.8 Å². The number of methoxy groups -OCH3 is 1. The molecule has 0 spiro atoms. The number of hydrogen-bond donors (Lipinski definition) is 1. The molecule has 0 unspecified atom stereocenters. The summed E-state index contributed by atoms with van der Waals surface area (Å²) in [6.07, 6.45) is 2.67. The lowest BCUT2D eigenvalue weighted by molar-refractivity contribution is 0.0955. The molecule has 0 bridgehead atoms. The van der Waals surface area contributed by atoms with Gasteiger partial charge in [-0.2, -0.15) is 0 Å². The third-order valence-corrected chi connectivity index (χ3v) is 3.69. The zero-order valence-corrected chi connectivity index (χ0v) is 12.9. The van der Waals surface area contributed by atoms with E-state index in [0.29, 0.717) is 12.1 Å². The van der Waals surface area contributed by atoms with E-state index in [1.807, 2.05) is 36.6 Å². The minimum Gasteiger partial charge on any atom is -0.497 e. The Hall–Kier alpha value is -2.14. The van der Waals surface area contributed by atoms with Crippen LogP contribution in [0.4, 0.5) is 5.00 Å². The summed E-state index contributed by atoms with van der Waals surface area (Å²) < 4.78 is 5.11. The normalized spacial score (nSPS) is 10.8. The molecular formula is C16H18N2O2S.